The van der Waals surface area contributed by atoms with E-state index in [9.17, 15) is 14.4 Å². The molecular formula is C25H30N4O3S. The molecule has 2 amide bonds. The predicted octanol–water partition coefficient (Wildman–Crippen LogP) is 4.31. The molecule has 0 saturated heterocycles. The van der Waals surface area contributed by atoms with Crippen LogP contribution in [0.25, 0.3) is 5.69 Å². The van der Waals surface area contributed by atoms with E-state index in [0.717, 1.165) is 11.3 Å². The van der Waals surface area contributed by atoms with E-state index < -0.39 is 5.25 Å². The molecule has 0 aliphatic heterocycles. The Morgan fingerprint density at radius 1 is 1.00 bits per heavy atom. The number of anilines is 2. The van der Waals surface area contributed by atoms with Gasteiger partial charge in [0.1, 0.15) is 5.69 Å². The molecule has 1 heterocycles. The number of carbonyl (C=O) groups is 2. The van der Waals surface area contributed by atoms with Gasteiger partial charge in [-0.15, -0.1) is 11.8 Å². The molecule has 1 unspecified atom stereocenters. The number of hydrogen-bond acceptors (Lipinski definition) is 4. The molecule has 1 aromatic heterocycles. The molecule has 0 radical (unpaired) electrons. The van der Waals surface area contributed by atoms with Crippen LogP contribution in [0.4, 0.5) is 11.4 Å². The maximum Gasteiger partial charge on any atom is 0.295 e. The molecule has 33 heavy (non-hydrogen) atoms. The van der Waals surface area contributed by atoms with Gasteiger partial charge in [0.15, 0.2) is 0 Å². The van der Waals surface area contributed by atoms with E-state index in [4.69, 9.17) is 0 Å². The molecule has 0 fully saturated rings. The van der Waals surface area contributed by atoms with Crippen LogP contribution in [0.5, 0.6) is 0 Å². The Labute approximate surface area is 198 Å². The van der Waals surface area contributed by atoms with Crippen LogP contribution in [0.3, 0.4) is 0 Å². The molecule has 3 rings (SSSR count). The average molecular weight is 467 g/mol. The minimum absolute atomic E-state index is 0.127. The number of carbonyl (C=O) groups excluding carboxylic acids is 2. The number of aromatic nitrogens is 2. The Balaban J connectivity index is 1.62. The van der Waals surface area contributed by atoms with Crippen molar-refractivity contribution >= 4 is 35.0 Å². The van der Waals surface area contributed by atoms with Crippen molar-refractivity contribution in [3.63, 3.8) is 0 Å². The first kappa shape index (κ1) is 24.4. The van der Waals surface area contributed by atoms with Crippen LogP contribution in [0.1, 0.15) is 37.9 Å². The first-order chi connectivity index (χ1) is 15.7. The van der Waals surface area contributed by atoms with E-state index in [1.54, 1.807) is 25.6 Å². The van der Waals surface area contributed by atoms with Crippen LogP contribution in [0, 0.1) is 6.92 Å². The highest BCUT2D eigenvalue weighted by Gasteiger charge is 2.21. The molecule has 2 aromatic carbocycles. The summed E-state index contributed by atoms with van der Waals surface area (Å²) >= 11 is 1.22. The van der Waals surface area contributed by atoms with Gasteiger partial charge in [-0.25, -0.2) is 4.68 Å². The zero-order valence-corrected chi connectivity index (χ0v) is 20.4. The van der Waals surface area contributed by atoms with Crippen LogP contribution in [-0.4, -0.2) is 32.2 Å². The van der Waals surface area contributed by atoms with E-state index in [0.29, 0.717) is 17.3 Å². The SMILES string of the molecule is Cc1c(NC(=O)C(C)SCC(=O)Nc2cccc(C(C)C)c2)c(=O)n(-c2ccccc2)n1C. The van der Waals surface area contributed by atoms with Crippen LogP contribution in [0.15, 0.2) is 59.4 Å². The van der Waals surface area contributed by atoms with Crippen LogP contribution >= 0.6 is 11.8 Å². The quantitative estimate of drug-likeness (QED) is 0.518. The van der Waals surface area contributed by atoms with Gasteiger partial charge in [-0.2, -0.15) is 0 Å². The molecule has 2 N–H and O–H groups in total. The fraction of sp³-hybridized carbons (Fsp3) is 0.320. The van der Waals surface area contributed by atoms with E-state index in [1.165, 1.54) is 16.4 Å². The Hall–Kier alpha value is -3.26. The van der Waals surface area contributed by atoms with Gasteiger partial charge in [0.05, 0.1) is 22.4 Å². The number of benzene rings is 2. The van der Waals surface area contributed by atoms with E-state index >= 15 is 0 Å². The zero-order valence-electron chi connectivity index (χ0n) is 19.6. The minimum atomic E-state index is -0.512. The highest BCUT2D eigenvalue weighted by Crippen LogP contribution is 2.20. The Bertz CT molecular complexity index is 1200. The molecule has 1 atom stereocenters. The van der Waals surface area contributed by atoms with Gasteiger partial charge in [0.25, 0.3) is 5.56 Å². The number of rotatable bonds is 8. The Morgan fingerprint density at radius 2 is 1.70 bits per heavy atom. The number of hydrogen-bond donors (Lipinski definition) is 2. The van der Waals surface area contributed by atoms with Gasteiger partial charge in [0, 0.05) is 12.7 Å². The lowest BCUT2D eigenvalue weighted by molar-refractivity contribution is -0.115. The molecule has 0 aliphatic rings. The third kappa shape index (κ3) is 5.76. The number of thioether (sulfide) groups is 1. The maximum atomic E-state index is 13.0. The second kappa shape index (κ2) is 10.6. The van der Waals surface area contributed by atoms with Crippen molar-refractivity contribution < 1.29 is 9.59 Å². The molecule has 0 bridgehead atoms. The molecule has 0 aliphatic carbocycles. The minimum Gasteiger partial charge on any atom is -0.325 e. The third-order valence-corrected chi connectivity index (χ3v) is 6.62. The van der Waals surface area contributed by atoms with Gasteiger partial charge in [-0.1, -0.05) is 44.2 Å². The molecule has 3 aromatic rings. The smallest absolute Gasteiger partial charge is 0.295 e. The normalized spacial score (nSPS) is 11.9. The Morgan fingerprint density at radius 3 is 2.36 bits per heavy atom. The summed E-state index contributed by atoms with van der Waals surface area (Å²) < 4.78 is 3.23. The first-order valence-corrected chi connectivity index (χ1v) is 11.9. The summed E-state index contributed by atoms with van der Waals surface area (Å²) in [5, 5.41) is 5.13. The van der Waals surface area contributed by atoms with Crippen LogP contribution < -0.4 is 16.2 Å². The first-order valence-electron chi connectivity index (χ1n) is 10.8. The van der Waals surface area contributed by atoms with Crippen molar-refractivity contribution in [3.05, 3.63) is 76.2 Å². The van der Waals surface area contributed by atoms with Crippen molar-refractivity contribution in [2.24, 2.45) is 7.05 Å². The molecule has 0 spiro atoms. The molecule has 8 heteroatoms. The summed E-state index contributed by atoms with van der Waals surface area (Å²) in [6.45, 7) is 7.70. The molecule has 0 saturated carbocycles. The summed E-state index contributed by atoms with van der Waals surface area (Å²) in [6, 6.07) is 17.0. The number of nitrogens with zero attached hydrogens (tertiary/aromatic N) is 2. The van der Waals surface area contributed by atoms with Crippen molar-refractivity contribution in [2.45, 2.75) is 38.9 Å². The fourth-order valence-electron chi connectivity index (χ4n) is 3.39. The van der Waals surface area contributed by atoms with Crippen LogP contribution in [-0.2, 0) is 16.6 Å². The Kier molecular flexibility index (Phi) is 7.81. The van der Waals surface area contributed by atoms with E-state index in [1.807, 2.05) is 54.6 Å². The average Bonchev–Trinajstić information content (AvgIpc) is 3.01. The number of para-hydroxylation sites is 1. The molecular weight excluding hydrogens is 436 g/mol. The van der Waals surface area contributed by atoms with Gasteiger partial charge in [-0.3, -0.25) is 19.1 Å². The second-order valence-corrected chi connectivity index (χ2v) is 9.54. The van der Waals surface area contributed by atoms with Gasteiger partial charge >= 0.3 is 0 Å². The lowest BCUT2D eigenvalue weighted by Gasteiger charge is -2.12. The van der Waals surface area contributed by atoms with Crippen molar-refractivity contribution in [2.75, 3.05) is 16.4 Å². The summed E-state index contributed by atoms with van der Waals surface area (Å²) in [7, 11) is 1.77. The van der Waals surface area contributed by atoms with Crippen LogP contribution in [0.2, 0.25) is 0 Å². The lowest BCUT2D eigenvalue weighted by Crippen LogP contribution is -2.28. The van der Waals surface area contributed by atoms with Gasteiger partial charge < -0.3 is 10.6 Å². The molecule has 174 valence electrons. The van der Waals surface area contributed by atoms with E-state index in [2.05, 4.69) is 24.5 Å². The lowest BCUT2D eigenvalue weighted by atomic mass is 10.0. The summed E-state index contributed by atoms with van der Waals surface area (Å²) in [4.78, 5) is 38.1. The largest absolute Gasteiger partial charge is 0.325 e. The van der Waals surface area contributed by atoms with Crippen molar-refractivity contribution in [3.8, 4) is 5.69 Å². The zero-order chi connectivity index (χ0) is 24.1. The highest BCUT2D eigenvalue weighted by molar-refractivity contribution is 8.01. The number of nitrogens with one attached hydrogen (secondary N) is 2. The maximum absolute atomic E-state index is 13.0. The fourth-order valence-corrected chi connectivity index (χ4v) is 4.07. The standard InChI is InChI=1S/C25H30N4O3S/c1-16(2)19-10-9-11-20(14-19)26-22(30)15-33-18(4)24(31)27-23-17(3)28(5)29(25(23)32)21-12-7-6-8-13-21/h6-14,16,18H,15H2,1-5H3,(H,26,30)(H,27,31). The summed E-state index contributed by atoms with van der Waals surface area (Å²) in [5.41, 5.74) is 3.20. The van der Waals surface area contributed by atoms with E-state index in [-0.39, 0.29) is 28.8 Å². The van der Waals surface area contributed by atoms with Gasteiger partial charge in [0.2, 0.25) is 11.8 Å². The predicted molar refractivity (Wildman–Crippen MR) is 135 cm³/mol. The second-order valence-electron chi connectivity index (χ2n) is 8.21. The van der Waals surface area contributed by atoms with Crippen molar-refractivity contribution in [1.29, 1.82) is 0 Å². The third-order valence-electron chi connectivity index (χ3n) is 5.47. The topological polar surface area (TPSA) is 85.1 Å². The summed E-state index contributed by atoms with van der Waals surface area (Å²) in [6.07, 6.45) is 0. The number of amides is 2. The monoisotopic (exact) mass is 466 g/mol. The van der Waals surface area contributed by atoms with Gasteiger partial charge in [-0.05, 0) is 49.6 Å². The summed E-state index contributed by atoms with van der Waals surface area (Å²) in [5.74, 6) is -0.000876. The highest BCUT2D eigenvalue weighted by atomic mass is 32.2. The molecule has 7 nitrogen and oxygen atoms in total. The van der Waals surface area contributed by atoms with Crippen molar-refractivity contribution in [1.82, 2.24) is 9.36 Å².